The summed E-state index contributed by atoms with van der Waals surface area (Å²) in [4.78, 5) is 2.48. The van der Waals surface area contributed by atoms with Crippen molar-refractivity contribution in [1.82, 2.24) is 4.90 Å². The molecule has 0 aromatic heterocycles. The number of hydrogen-bond donors (Lipinski definition) is 1. The van der Waals surface area contributed by atoms with E-state index in [0.717, 1.165) is 19.5 Å². The Morgan fingerprint density at radius 2 is 2.00 bits per heavy atom. The molecule has 1 rings (SSSR count). The fourth-order valence-electron chi connectivity index (χ4n) is 1.85. The van der Waals surface area contributed by atoms with Crippen LogP contribution < -0.4 is 5.73 Å². The second-order valence-electron chi connectivity index (χ2n) is 5.03. The van der Waals surface area contributed by atoms with Gasteiger partial charge in [0.05, 0.1) is 0 Å². The largest absolute Gasteiger partial charge is 0.324 e. The maximum absolute atomic E-state index is 6.17. The molecule has 2 N–H and O–H groups in total. The molecule has 0 fully saturated rings. The minimum atomic E-state index is -0.0223. The normalized spacial score (nSPS) is 23.8. The molecule has 0 amide bonds. The van der Waals surface area contributed by atoms with E-state index in [9.17, 15) is 0 Å². The third kappa shape index (κ3) is 3.10. The van der Waals surface area contributed by atoms with E-state index in [1.54, 1.807) is 5.57 Å². The Bertz CT molecular complexity index is 228. The Morgan fingerprint density at radius 1 is 1.36 bits per heavy atom. The van der Waals surface area contributed by atoms with Crippen LogP contribution in [0.5, 0.6) is 0 Å². The van der Waals surface area contributed by atoms with E-state index in [-0.39, 0.29) is 5.54 Å². The van der Waals surface area contributed by atoms with Crippen molar-refractivity contribution < 1.29 is 0 Å². The van der Waals surface area contributed by atoms with Gasteiger partial charge in [-0.15, -0.1) is 0 Å². The van der Waals surface area contributed by atoms with Gasteiger partial charge >= 0.3 is 0 Å². The molecule has 0 spiro atoms. The SMILES string of the molecule is CCC(C)(N)CN1CCC(C)=C(C)C1. The van der Waals surface area contributed by atoms with Gasteiger partial charge in [-0.05, 0) is 33.6 Å². The van der Waals surface area contributed by atoms with Gasteiger partial charge in [0.1, 0.15) is 0 Å². The molecule has 0 saturated heterocycles. The molecule has 0 radical (unpaired) electrons. The Morgan fingerprint density at radius 3 is 2.50 bits per heavy atom. The van der Waals surface area contributed by atoms with Crippen LogP contribution in [0.2, 0.25) is 0 Å². The summed E-state index contributed by atoms with van der Waals surface area (Å²) in [6.45, 7) is 12.1. The average molecular weight is 196 g/mol. The first kappa shape index (κ1) is 11.7. The highest BCUT2D eigenvalue weighted by molar-refractivity contribution is 5.15. The molecule has 0 aliphatic carbocycles. The third-order valence-corrected chi connectivity index (χ3v) is 3.38. The van der Waals surface area contributed by atoms with Crippen molar-refractivity contribution in [1.29, 1.82) is 0 Å². The van der Waals surface area contributed by atoms with Crippen molar-refractivity contribution >= 4 is 0 Å². The fraction of sp³-hybridized carbons (Fsp3) is 0.833. The zero-order valence-electron chi connectivity index (χ0n) is 10.1. The number of hydrogen-bond acceptors (Lipinski definition) is 2. The molecule has 2 nitrogen and oxygen atoms in total. The summed E-state index contributed by atoms with van der Waals surface area (Å²) in [6, 6.07) is 0. The summed E-state index contributed by atoms with van der Waals surface area (Å²) in [5, 5.41) is 0. The Kier molecular flexibility index (Phi) is 3.73. The fourth-order valence-corrected chi connectivity index (χ4v) is 1.85. The van der Waals surface area contributed by atoms with Gasteiger partial charge in [-0.1, -0.05) is 18.1 Å². The van der Waals surface area contributed by atoms with Gasteiger partial charge in [0.15, 0.2) is 0 Å². The molecular weight excluding hydrogens is 172 g/mol. The highest BCUT2D eigenvalue weighted by atomic mass is 15.1. The van der Waals surface area contributed by atoms with Gasteiger partial charge in [-0.3, -0.25) is 4.90 Å². The molecule has 1 aliphatic rings. The van der Waals surface area contributed by atoms with Gasteiger partial charge < -0.3 is 5.73 Å². The molecule has 1 atom stereocenters. The lowest BCUT2D eigenvalue weighted by Gasteiger charge is -2.35. The summed E-state index contributed by atoms with van der Waals surface area (Å²) in [5.41, 5.74) is 9.24. The molecule has 1 aliphatic heterocycles. The quantitative estimate of drug-likeness (QED) is 0.701. The summed E-state index contributed by atoms with van der Waals surface area (Å²) < 4.78 is 0. The van der Waals surface area contributed by atoms with E-state index >= 15 is 0 Å². The van der Waals surface area contributed by atoms with Gasteiger partial charge in [0, 0.05) is 25.2 Å². The van der Waals surface area contributed by atoms with Crippen LogP contribution in [-0.4, -0.2) is 30.1 Å². The molecule has 0 aromatic carbocycles. The first-order valence-electron chi connectivity index (χ1n) is 5.61. The minimum absolute atomic E-state index is 0.0223. The van der Waals surface area contributed by atoms with E-state index in [1.807, 2.05) is 0 Å². The van der Waals surface area contributed by atoms with E-state index < -0.39 is 0 Å². The van der Waals surface area contributed by atoms with Crippen LogP contribution in [0.25, 0.3) is 0 Å². The van der Waals surface area contributed by atoms with Gasteiger partial charge in [0.2, 0.25) is 0 Å². The van der Waals surface area contributed by atoms with Crippen LogP contribution in [-0.2, 0) is 0 Å². The van der Waals surface area contributed by atoms with Crippen molar-refractivity contribution in [2.24, 2.45) is 5.73 Å². The highest BCUT2D eigenvalue weighted by Gasteiger charge is 2.22. The summed E-state index contributed by atoms with van der Waals surface area (Å²) in [6.07, 6.45) is 2.26. The molecule has 0 bridgehead atoms. The monoisotopic (exact) mass is 196 g/mol. The first-order chi connectivity index (χ1) is 6.44. The molecule has 0 saturated carbocycles. The van der Waals surface area contributed by atoms with E-state index in [1.165, 1.54) is 18.5 Å². The summed E-state index contributed by atoms with van der Waals surface area (Å²) in [7, 11) is 0. The van der Waals surface area contributed by atoms with Crippen molar-refractivity contribution in [2.75, 3.05) is 19.6 Å². The molecule has 82 valence electrons. The Labute approximate surface area is 88.2 Å². The van der Waals surface area contributed by atoms with Crippen molar-refractivity contribution in [3.63, 3.8) is 0 Å². The topological polar surface area (TPSA) is 29.3 Å². The zero-order chi connectivity index (χ0) is 10.8. The van der Waals surface area contributed by atoms with Crippen LogP contribution in [0.4, 0.5) is 0 Å². The minimum Gasteiger partial charge on any atom is -0.324 e. The van der Waals surface area contributed by atoms with Gasteiger partial charge in [0.25, 0.3) is 0 Å². The van der Waals surface area contributed by atoms with Crippen LogP contribution >= 0.6 is 0 Å². The van der Waals surface area contributed by atoms with Crippen molar-refractivity contribution in [3.8, 4) is 0 Å². The van der Waals surface area contributed by atoms with Crippen molar-refractivity contribution in [2.45, 2.75) is 46.1 Å². The molecule has 1 heterocycles. The van der Waals surface area contributed by atoms with Crippen LogP contribution in [0.3, 0.4) is 0 Å². The van der Waals surface area contributed by atoms with Crippen LogP contribution in [0, 0.1) is 0 Å². The lowest BCUT2D eigenvalue weighted by molar-refractivity contribution is 0.221. The Balaban J connectivity index is 2.50. The average Bonchev–Trinajstić information content (AvgIpc) is 2.11. The second-order valence-corrected chi connectivity index (χ2v) is 5.03. The molecule has 0 aromatic rings. The third-order valence-electron chi connectivity index (χ3n) is 3.38. The van der Waals surface area contributed by atoms with Crippen molar-refractivity contribution in [3.05, 3.63) is 11.1 Å². The van der Waals surface area contributed by atoms with E-state index in [4.69, 9.17) is 5.73 Å². The van der Waals surface area contributed by atoms with Crippen LogP contribution in [0.15, 0.2) is 11.1 Å². The van der Waals surface area contributed by atoms with Crippen LogP contribution in [0.1, 0.15) is 40.5 Å². The maximum Gasteiger partial charge on any atom is 0.0252 e. The molecule has 14 heavy (non-hydrogen) atoms. The number of rotatable bonds is 3. The predicted octanol–water partition coefficient (Wildman–Crippen LogP) is 2.16. The standard InChI is InChI=1S/C12H24N2/c1-5-12(4,13)9-14-7-6-10(2)11(3)8-14/h5-9,13H2,1-4H3. The maximum atomic E-state index is 6.17. The predicted molar refractivity (Wildman–Crippen MR) is 62.3 cm³/mol. The lowest BCUT2D eigenvalue weighted by Crippen LogP contribution is -2.48. The summed E-state index contributed by atoms with van der Waals surface area (Å²) in [5.74, 6) is 0. The number of nitrogens with zero attached hydrogens (tertiary/aromatic N) is 1. The smallest absolute Gasteiger partial charge is 0.0252 e. The molecular formula is C12H24N2. The summed E-state index contributed by atoms with van der Waals surface area (Å²) >= 11 is 0. The number of nitrogens with two attached hydrogens (primary N) is 1. The van der Waals surface area contributed by atoms with E-state index in [2.05, 4.69) is 32.6 Å². The zero-order valence-corrected chi connectivity index (χ0v) is 10.1. The van der Waals surface area contributed by atoms with Gasteiger partial charge in [-0.2, -0.15) is 0 Å². The van der Waals surface area contributed by atoms with Gasteiger partial charge in [-0.25, -0.2) is 0 Å². The Hall–Kier alpha value is -0.340. The second kappa shape index (κ2) is 4.45. The molecule has 2 heteroatoms. The molecule has 1 unspecified atom stereocenters. The first-order valence-corrected chi connectivity index (χ1v) is 5.61. The lowest BCUT2D eigenvalue weighted by atomic mass is 9.96. The van der Waals surface area contributed by atoms with E-state index in [0.29, 0.717) is 0 Å². The highest BCUT2D eigenvalue weighted by Crippen LogP contribution is 2.18.